The van der Waals surface area contributed by atoms with Gasteiger partial charge in [0.2, 0.25) is 0 Å². The lowest BCUT2D eigenvalue weighted by Crippen LogP contribution is -2.21. The van der Waals surface area contributed by atoms with Gasteiger partial charge in [-0.1, -0.05) is 0 Å². The molecule has 0 aromatic carbocycles. The number of rotatable bonds is 28. The summed E-state index contributed by atoms with van der Waals surface area (Å²) < 4.78 is 112. The number of halogens is 6. The lowest BCUT2D eigenvalue weighted by molar-refractivity contribution is -0.264. The Balaban J connectivity index is 3.32. The van der Waals surface area contributed by atoms with E-state index in [1.54, 1.807) is 0 Å². The molecule has 0 heterocycles. The number of hydrogen-bond donors (Lipinski definition) is 0. The number of ether oxygens (including phenoxy) is 8. The molecule has 0 saturated heterocycles. The van der Waals surface area contributed by atoms with E-state index in [9.17, 15) is 35.9 Å². The van der Waals surface area contributed by atoms with Crippen LogP contribution in [-0.2, 0) is 57.3 Å². The normalized spacial score (nSPS) is 12.0. The Hall–Kier alpha value is -1.80. The molecule has 0 spiro atoms. The second-order valence-corrected chi connectivity index (χ2v) is 8.13. The maximum atomic E-state index is 11.9. The van der Waals surface area contributed by atoms with Gasteiger partial charge in [0, 0.05) is 26.1 Å². The molecular weight excluding hydrogens is 594 g/mol. The minimum atomic E-state index is -4.18. The molecule has 18 heteroatoms. The first-order valence-electron chi connectivity index (χ1n) is 13.2. The fraction of sp³-hybridized carbons (Fsp3) is 0.917. The predicted octanol–water partition coefficient (Wildman–Crippen LogP) is 2.81. The van der Waals surface area contributed by atoms with E-state index >= 15 is 0 Å². The van der Waals surface area contributed by atoms with Gasteiger partial charge in [0.05, 0.1) is 79.3 Å². The molecule has 0 rings (SSSR count). The molecule has 0 atom stereocenters. The van der Waals surface area contributed by atoms with Crippen LogP contribution in [0, 0.1) is 0 Å². The molecular formula is C24H40F6O12. The Morgan fingerprint density at radius 1 is 0.381 bits per heavy atom. The fourth-order valence-electron chi connectivity index (χ4n) is 2.52. The van der Waals surface area contributed by atoms with Crippen molar-refractivity contribution in [3.63, 3.8) is 0 Å². The van der Waals surface area contributed by atoms with Crippen molar-refractivity contribution in [1.82, 2.24) is 0 Å². The van der Waals surface area contributed by atoms with Crippen molar-refractivity contribution >= 4 is 11.9 Å². The zero-order valence-electron chi connectivity index (χ0n) is 23.3. The molecule has 0 fully saturated rings. The fourth-order valence-corrected chi connectivity index (χ4v) is 2.52. The average molecular weight is 635 g/mol. The lowest BCUT2D eigenvalue weighted by Gasteiger charge is -2.08. The van der Waals surface area contributed by atoms with E-state index in [1.807, 2.05) is 0 Å². The lowest BCUT2D eigenvalue weighted by atomic mass is 10.3. The van der Waals surface area contributed by atoms with Crippen LogP contribution in [0.4, 0.5) is 26.3 Å². The topological polar surface area (TPSA) is 126 Å². The van der Waals surface area contributed by atoms with E-state index in [-0.39, 0.29) is 105 Å². The van der Waals surface area contributed by atoms with Crippen LogP contribution in [0.15, 0.2) is 0 Å². The molecule has 0 aliphatic heterocycles. The maximum absolute atomic E-state index is 11.9. The molecule has 0 radical (unpaired) electrons. The Bertz CT molecular complexity index is 598. The van der Waals surface area contributed by atoms with Crippen molar-refractivity contribution in [3.05, 3.63) is 0 Å². The average Bonchev–Trinajstić information content (AvgIpc) is 2.91. The van der Waals surface area contributed by atoms with E-state index in [0.29, 0.717) is 0 Å². The van der Waals surface area contributed by atoms with Crippen molar-refractivity contribution in [2.75, 3.05) is 106 Å². The van der Waals surface area contributed by atoms with E-state index in [2.05, 4.69) is 9.78 Å². The zero-order valence-corrected chi connectivity index (χ0v) is 23.3. The standard InChI is InChI=1S/C24H40F6O12/c25-23(26,27)3-1-5-33-7-9-35-11-13-37-15-17-39-19-21(31)41-42-22(32)20-40-18-16-38-14-12-36-10-8-34-6-2-4-24(28,29)30/h1-20H2. The molecule has 42 heavy (non-hydrogen) atoms. The highest BCUT2D eigenvalue weighted by molar-refractivity contribution is 5.74. The van der Waals surface area contributed by atoms with E-state index in [4.69, 9.17) is 37.9 Å². The van der Waals surface area contributed by atoms with Crippen LogP contribution in [0.5, 0.6) is 0 Å². The summed E-state index contributed by atoms with van der Waals surface area (Å²) in [6.07, 6.45) is -10.3. The minimum Gasteiger partial charge on any atom is -0.379 e. The van der Waals surface area contributed by atoms with E-state index in [0.717, 1.165) is 0 Å². The summed E-state index contributed by atoms with van der Waals surface area (Å²) in [6.45, 7) is 1.16. The highest BCUT2D eigenvalue weighted by Crippen LogP contribution is 2.21. The largest absolute Gasteiger partial charge is 0.389 e. The summed E-state index contributed by atoms with van der Waals surface area (Å²) in [7, 11) is 0. The second-order valence-electron chi connectivity index (χ2n) is 8.13. The predicted molar refractivity (Wildman–Crippen MR) is 129 cm³/mol. The Kier molecular flexibility index (Phi) is 25.7. The Morgan fingerprint density at radius 3 is 0.881 bits per heavy atom. The third-order valence-electron chi connectivity index (χ3n) is 4.40. The number of alkyl halides is 6. The molecule has 0 amide bonds. The van der Waals surface area contributed by atoms with Gasteiger partial charge in [0.25, 0.3) is 0 Å². The summed E-state index contributed by atoms with van der Waals surface area (Å²) in [5, 5.41) is 0. The van der Waals surface area contributed by atoms with Crippen LogP contribution < -0.4 is 0 Å². The second kappa shape index (κ2) is 26.8. The van der Waals surface area contributed by atoms with Gasteiger partial charge in [0.15, 0.2) is 0 Å². The van der Waals surface area contributed by atoms with Crippen LogP contribution in [0.25, 0.3) is 0 Å². The van der Waals surface area contributed by atoms with Crippen LogP contribution in [0.1, 0.15) is 25.7 Å². The third-order valence-corrected chi connectivity index (χ3v) is 4.40. The quantitative estimate of drug-likeness (QED) is 0.0544. The number of carbonyl (C=O) groups excluding carboxylic acids is 2. The molecule has 250 valence electrons. The van der Waals surface area contributed by atoms with Gasteiger partial charge in [-0.25, -0.2) is 19.4 Å². The molecule has 0 aliphatic rings. The van der Waals surface area contributed by atoms with Crippen LogP contribution in [-0.4, -0.2) is 130 Å². The maximum Gasteiger partial charge on any atom is 0.389 e. The highest BCUT2D eigenvalue weighted by Gasteiger charge is 2.26. The number of hydrogen-bond acceptors (Lipinski definition) is 12. The van der Waals surface area contributed by atoms with Crippen molar-refractivity contribution in [2.45, 2.75) is 38.0 Å². The SMILES string of the molecule is O=C(COCCOCCOCCOCCCC(F)(F)F)OOC(=O)COCCOCCOCCOCCCC(F)(F)F. The molecule has 0 aromatic rings. The van der Waals surface area contributed by atoms with Gasteiger partial charge in [-0.3, -0.25) is 0 Å². The Labute approximate surface area is 240 Å². The molecule has 0 saturated carbocycles. The molecule has 0 aliphatic carbocycles. The highest BCUT2D eigenvalue weighted by atomic mass is 19.4. The molecule has 12 nitrogen and oxygen atoms in total. The van der Waals surface area contributed by atoms with Gasteiger partial charge >= 0.3 is 24.3 Å². The first kappa shape index (κ1) is 40.2. The van der Waals surface area contributed by atoms with Crippen molar-refractivity contribution in [2.24, 2.45) is 0 Å². The van der Waals surface area contributed by atoms with Crippen LogP contribution >= 0.6 is 0 Å². The third kappa shape index (κ3) is 34.4. The first-order valence-corrected chi connectivity index (χ1v) is 13.2. The number of carbonyl (C=O) groups is 2. The smallest absolute Gasteiger partial charge is 0.379 e. The molecule has 0 N–H and O–H groups in total. The summed E-state index contributed by atoms with van der Waals surface area (Å²) in [6, 6.07) is 0. The van der Waals surface area contributed by atoms with Gasteiger partial charge in [-0.2, -0.15) is 26.3 Å². The van der Waals surface area contributed by atoms with Gasteiger partial charge in [-0.15, -0.1) is 0 Å². The summed E-state index contributed by atoms with van der Waals surface area (Å²) in [5.41, 5.74) is 0. The van der Waals surface area contributed by atoms with Gasteiger partial charge in [0.1, 0.15) is 13.2 Å². The Morgan fingerprint density at radius 2 is 0.619 bits per heavy atom. The van der Waals surface area contributed by atoms with E-state index < -0.39 is 50.3 Å². The summed E-state index contributed by atoms with van der Waals surface area (Å²) in [5.74, 6) is -1.89. The van der Waals surface area contributed by atoms with E-state index in [1.165, 1.54) is 0 Å². The molecule has 0 unspecified atom stereocenters. The summed E-state index contributed by atoms with van der Waals surface area (Å²) >= 11 is 0. The van der Waals surface area contributed by atoms with Gasteiger partial charge < -0.3 is 37.9 Å². The first-order chi connectivity index (χ1) is 20.0. The van der Waals surface area contributed by atoms with Crippen molar-refractivity contribution in [3.8, 4) is 0 Å². The zero-order chi connectivity index (χ0) is 31.4. The molecule has 0 aromatic heterocycles. The van der Waals surface area contributed by atoms with Crippen molar-refractivity contribution in [1.29, 1.82) is 0 Å². The summed E-state index contributed by atoms with van der Waals surface area (Å²) in [4.78, 5) is 31.5. The van der Waals surface area contributed by atoms with Gasteiger partial charge in [-0.05, 0) is 12.8 Å². The minimum absolute atomic E-state index is 0.00432. The molecule has 0 bridgehead atoms. The van der Waals surface area contributed by atoms with Crippen molar-refractivity contribution < 1.29 is 83.6 Å². The monoisotopic (exact) mass is 634 g/mol. The van der Waals surface area contributed by atoms with Crippen LogP contribution in [0.2, 0.25) is 0 Å². The van der Waals surface area contributed by atoms with Crippen LogP contribution in [0.3, 0.4) is 0 Å².